The lowest BCUT2D eigenvalue weighted by Crippen LogP contribution is -2.26. The van der Waals surface area contributed by atoms with Crippen molar-refractivity contribution in [3.8, 4) is 28.7 Å². The monoisotopic (exact) mass is 384 g/mol. The molecule has 0 amide bonds. The molecular formula is C22H24O6. The van der Waals surface area contributed by atoms with Crippen molar-refractivity contribution in [2.24, 2.45) is 0 Å². The molecule has 0 saturated heterocycles. The Labute approximate surface area is 164 Å². The zero-order chi connectivity index (χ0) is 20.4. The number of carbonyl (C=O) groups is 1. The van der Waals surface area contributed by atoms with Crippen molar-refractivity contribution < 1.29 is 29.2 Å². The summed E-state index contributed by atoms with van der Waals surface area (Å²) in [5.41, 5.74) is 2.16. The van der Waals surface area contributed by atoms with E-state index in [1.54, 1.807) is 18.2 Å². The van der Waals surface area contributed by atoms with Gasteiger partial charge in [0.15, 0.2) is 5.78 Å². The first-order chi connectivity index (χ1) is 13.4. The molecule has 0 spiro atoms. The summed E-state index contributed by atoms with van der Waals surface area (Å²) in [6.07, 6.45) is 2.38. The highest BCUT2D eigenvalue weighted by Gasteiger charge is 2.36. The summed E-state index contributed by atoms with van der Waals surface area (Å²) < 4.78 is 16.2. The summed E-state index contributed by atoms with van der Waals surface area (Å²) in [5.74, 6) is 0.00524. The van der Waals surface area contributed by atoms with Crippen LogP contribution in [0, 0.1) is 0 Å². The third-order valence-electron chi connectivity index (χ3n) is 4.84. The number of phenolic OH excluding ortho intramolecular Hbond substituents is 2. The number of benzene rings is 2. The maximum Gasteiger partial charge on any atom is 0.181 e. The number of ether oxygens (including phenoxy) is 3. The molecule has 1 heterocycles. The quantitative estimate of drug-likeness (QED) is 0.759. The number of ketones is 1. The second kappa shape index (κ2) is 7.84. The number of hydrogen-bond donors (Lipinski definition) is 2. The fourth-order valence-corrected chi connectivity index (χ4v) is 3.30. The first kappa shape index (κ1) is 19.6. The van der Waals surface area contributed by atoms with Crippen LogP contribution < -0.4 is 14.2 Å². The maximum atomic E-state index is 13.2. The van der Waals surface area contributed by atoms with E-state index in [0.717, 1.165) is 5.57 Å². The van der Waals surface area contributed by atoms with E-state index in [1.807, 2.05) is 19.9 Å². The van der Waals surface area contributed by atoms with Gasteiger partial charge < -0.3 is 24.4 Å². The lowest BCUT2D eigenvalue weighted by molar-refractivity contribution is 0.0889. The van der Waals surface area contributed by atoms with Gasteiger partial charge in [0.05, 0.1) is 20.1 Å². The number of allylic oxidation sites excluding steroid dienone is 2. The normalized spacial score (nSPS) is 15.4. The van der Waals surface area contributed by atoms with Crippen molar-refractivity contribution >= 4 is 5.78 Å². The van der Waals surface area contributed by atoms with Gasteiger partial charge in [0.25, 0.3) is 0 Å². The highest BCUT2D eigenvalue weighted by molar-refractivity contribution is 6.07. The van der Waals surface area contributed by atoms with E-state index in [2.05, 4.69) is 0 Å². The Balaban J connectivity index is 2.06. The standard InChI is InChI=1S/C22H24O6/c1-12(2)5-7-15-18(27-4)10-19-20(21(15)24)22(25)16(11-28-19)14-8-6-13(26-3)9-17(14)23/h5-6,8-10,16,23-24H,7,11H2,1-4H3/t16-/m1/s1. The van der Waals surface area contributed by atoms with Gasteiger partial charge >= 0.3 is 0 Å². The Morgan fingerprint density at radius 1 is 1.21 bits per heavy atom. The Kier molecular flexibility index (Phi) is 5.49. The fourth-order valence-electron chi connectivity index (χ4n) is 3.30. The molecule has 0 aromatic heterocycles. The fraction of sp³-hybridized carbons (Fsp3) is 0.318. The topological polar surface area (TPSA) is 85.2 Å². The van der Waals surface area contributed by atoms with Crippen LogP contribution in [0.3, 0.4) is 0 Å². The molecule has 0 fully saturated rings. The van der Waals surface area contributed by atoms with Gasteiger partial charge in [-0.25, -0.2) is 0 Å². The summed E-state index contributed by atoms with van der Waals surface area (Å²) in [7, 11) is 3.01. The van der Waals surface area contributed by atoms with Crippen LogP contribution in [0.25, 0.3) is 0 Å². The number of phenols is 2. The lowest BCUT2D eigenvalue weighted by atomic mass is 9.86. The van der Waals surface area contributed by atoms with E-state index in [9.17, 15) is 15.0 Å². The van der Waals surface area contributed by atoms with Gasteiger partial charge in [-0.2, -0.15) is 0 Å². The average Bonchev–Trinajstić information content (AvgIpc) is 2.67. The number of fused-ring (bicyclic) bond motifs is 1. The zero-order valence-electron chi connectivity index (χ0n) is 16.4. The molecule has 2 aromatic rings. The SMILES string of the molecule is COc1ccc([C@H]2COc3cc(OC)c(CC=C(C)C)c(O)c3C2=O)c(O)c1. The van der Waals surface area contributed by atoms with E-state index < -0.39 is 5.92 Å². The number of methoxy groups -OCH3 is 2. The summed E-state index contributed by atoms with van der Waals surface area (Å²) in [6, 6.07) is 6.39. The van der Waals surface area contributed by atoms with E-state index in [-0.39, 0.29) is 35.2 Å². The average molecular weight is 384 g/mol. The molecule has 3 rings (SSSR count). The first-order valence-corrected chi connectivity index (χ1v) is 8.97. The molecule has 1 atom stereocenters. The summed E-state index contributed by atoms with van der Waals surface area (Å²) in [6.45, 7) is 3.97. The van der Waals surface area contributed by atoms with Crippen LogP contribution in [-0.4, -0.2) is 36.8 Å². The number of aromatic hydroxyl groups is 2. The highest BCUT2D eigenvalue weighted by Crippen LogP contribution is 2.45. The molecule has 2 N–H and O–H groups in total. The molecule has 1 aliphatic rings. The third kappa shape index (κ3) is 3.50. The van der Waals surface area contributed by atoms with Gasteiger partial charge in [-0.05, 0) is 26.3 Å². The van der Waals surface area contributed by atoms with Crippen LogP contribution >= 0.6 is 0 Å². The van der Waals surface area contributed by atoms with Gasteiger partial charge in [0.2, 0.25) is 0 Å². The van der Waals surface area contributed by atoms with Gasteiger partial charge in [-0.15, -0.1) is 0 Å². The molecule has 0 aliphatic carbocycles. The van der Waals surface area contributed by atoms with Crippen LogP contribution in [0.2, 0.25) is 0 Å². The van der Waals surface area contributed by atoms with Gasteiger partial charge in [-0.3, -0.25) is 4.79 Å². The van der Waals surface area contributed by atoms with Crippen molar-refractivity contribution in [1.82, 2.24) is 0 Å². The largest absolute Gasteiger partial charge is 0.508 e. The minimum atomic E-state index is -0.728. The molecular weight excluding hydrogens is 360 g/mol. The number of Topliss-reactive ketones (excluding diaryl/α,β-unsaturated/α-hetero) is 1. The molecule has 2 aromatic carbocycles. The third-order valence-corrected chi connectivity index (χ3v) is 4.84. The van der Waals surface area contributed by atoms with E-state index in [0.29, 0.717) is 29.0 Å². The minimum Gasteiger partial charge on any atom is -0.508 e. The molecule has 0 bridgehead atoms. The molecule has 6 nitrogen and oxygen atoms in total. The van der Waals surface area contributed by atoms with Crippen LogP contribution in [0.1, 0.15) is 41.3 Å². The first-order valence-electron chi connectivity index (χ1n) is 8.97. The van der Waals surface area contributed by atoms with Gasteiger partial charge in [-0.1, -0.05) is 17.7 Å². The van der Waals surface area contributed by atoms with Crippen molar-refractivity contribution in [3.63, 3.8) is 0 Å². The Morgan fingerprint density at radius 3 is 2.57 bits per heavy atom. The lowest BCUT2D eigenvalue weighted by Gasteiger charge is -2.27. The Morgan fingerprint density at radius 2 is 1.96 bits per heavy atom. The molecule has 0 unspecified atom stereocenters. The van der Waals surface area contributed by atoms with Crippen molar-refractivity contribution in [3.05, 3.63) is 52.6 Å². The minimum absolute atomic E-state index is 0.0532. The van der Waals surface area contributed by atoms with Crippen LogP contribution in [0.5, 0.6) is 28.7 Å². The maximum absolute atomic E-state index is 13.2. The van der Waals surface area contributed by atoms with Gasteiger partial charge in [0, 0.05) is 23.3 Å². The predicted molar refractivity (Wildman–Crippen MR) is 105 cm³/mol. The van der Waals surface area contributed by atoms with Crippen LogP contribution in [-0.2, 0) is 6.42 Å². The zero-order valence-corrected chi connectivity index (χ0v) is 16.4. The van der Waals surface area contributed by atoms with E-state index >= 15 is 0 Å². The molecule has 6 heteroatoms. The van der Waals surface area contributed by atoms with E-state index in [1.165, 1.54) is 20.3 Å². The van der Waals surface area contributed by atoms with E-state index in [4.69, 9.17) is 14.2 Å². The molecule has 0 radical (unpaired) electrons. The summed E-state index contributed by atoms with van der Waals surface area (Å²) >= 11 is 0. The predicted octanol–water partition coefficient (Wildman–Crippen LogP) is 3.98. The van der Waals surface area contributed by atoms with Crippen molar-refractivity contribution in [1.29, 1.82) is 0 Å². The van der Waals surface area contributed by atoms with Crippen molar-refractivity contribution in [2.45, 2.75) is 26.2 Å². The molecule has 1 aliphatic heterocycles. The van der Waals surface area contributed by atoms with Gasteiger partial charge in [0.1, 0.15) is 40.9 Å². The smallest absolute Gasteiger partial charge is 0.181 e. The molecule has 0 saturated carbocycles. The second-order valence-electron chi connectivity index (χ2n) is 6.92. The number of carbonyl (C=O) groups excluding carboxylic acids is 1. The molecule has 148 valence electrons. The number of hydrogen-bond acceptors (Lipinski definition) is 6. The Hall–Kier alpha value is -3.15. The molecule has 28 heavy (non-hydrogen) atoms. The highest BCUT2D eigenvalue weighted by atomic mass is 16.5. The second-order valence-corrected chi connectivity index (χ2v) is 6.92. The number of rotatable bonds is 5. The van der Waals surface area contributed by atoms with Crippen LogP contribution in [0.15, 0.2) is 35.9 Å². The summed E-state index contributed by atoms with van der Waals surface area (Å²) in [5, 5.41) is 21.2. The van der Waals surface area contributed by atoms with Crippen LogP contribution in [0.4, 0.5) is 0 Å². The Bertz CT molecular complexity index is 941. The van der Waals surface area contributed by atoms with Crippen molar-refractivity contribution in [2.75, 3.05) is 20.8 Å². The summed E-state index contributed by atoms with van der Waals surface area (Å²) in [4.78, 5) is 13.2.